The van der Waals surface area contributed by atoms with Gasteiger partial charge in [-0.25, -0.2) is 0 Å². The van der Waals surface area contributed by atoms with Crippen LogP contribution in [0.15, 0.2) is 45.8 Å². The summed E-state index contributed by atoms with van der Waals surface area (Å²) in [5.74, 6) is 1.67. The summed E-state index contributed by atoms with van der Waals surface area (Å²) in [4.78, 5) is 6.59. The molecule has 4 heteroatoms. The fourth-order valence-electron chi connectivity index (χ4n) is 2.28. The van der Waals surface area contributed by atoms with E-state index in [-0.39, 0.29) is 0 Å². The van der Waals surface area contributed by atoms with Crippen LogP contribution in [0.25, 0.3) is 0 Å². The van der Waals surface area contributed by atoms with E-state index in [4.69, 9.17) is 9.68 Å². The Bertz CT molecular complexity index is 643. The van der Waals surface area contributed by atoms with Crippen molar-refractivity contribution in [3.8, 4) is 6.07 Å². The van der Waals surface area contributed by atoms with Crippen molar-refractivity contribution in [2.24, 2.45) is 4.99 Å². The van der Waals surface area contributed by atoms with Crippen LogP contribution in [-0.2, 0) is 0 Å². The maximum absolute atomic E-state index is 8.73. The Balaban J connectivity index is 1.70. The number of hydrogen-bond acceptors (Lipinski definition) is 4. The number of nitriles is 1. The van der Waals surface area contributed by atoms with E-state index in [1.54, 1.807) is 18.3 Å². The summed E-state index contributed by atoms with van der Waals surface area (Å²) in [5.41, 5.74) is 1.45. The lowest BCUT2D eigenvalue weighted by Crippen LogP contribution is -2.16. The van der Waals surface area contributed by atoms with Gasteiger partial charge in [0, 0.05) is 19.2 Å². The Morgan fingerprint density at radius 3 is 2.55 bits per heavy atom. The van der Waals surface area contributed by atoms with Crippen molar-refractivity contribution in [1.82, 2.24) is 0 Å². The van der Waals surface area contributed by atoms with E-state index in [9.17, 15) is 0 Å². The molecule has 0 saturated carbocycles. The van der Waals surface area contributed by atoms with Crippen LogP contribution in [0.4, 0.5) is 11.6 Å². The molecule has 4 nitrogen and oxygen atoms in total. The summed E-state index contributed by atoms with van der Waals surface area (Å²) in [6.45, 7) is 2.14. The van der Waals surface area contributed by atoms with Gasteiger partial charge in [0.25, 0.3) is 0 Å². The molecule has 1 fully saturated rings. The molecule has 1 saturated heterocycles. The minimum absolute atomic E-state index is 0.637. The van der Waals surface area contributed by atoms with Gasteiger partial charge in [-0.2, -0.15) is 5.26 Å². The van der Waals surface area contributed by atoms with Crippen molar-refractivity contribution in [3.63, 3.8) is 0 Å². The molecule has 2 aromatic rings. The van der Waals surface area contributed by atoms with Gasteiger partial charge in [0.15, 0.2) is 5.88 Å². The largest absolute Gasteiger partial charge is 0.440 e. The van der Waals surface area contributed by atoms with Crippen LogP contribution >= 0.6 is 0 Å². The highest BCUT2D eigenvalue weighted by Gasteiger charge is 2.14. The van der Waals surface area contributed by atoms with Gasteiger partial charge < -0.3 is 9.32 Å². The Hall–Kier alpha value is -2.54. The molecular formula is C16H15N3O. The summed E-state index contributed by atoms with van der Waals surface area (Å²) >= 11 is 0. The third-order valence-corrected chi connectivity index (χ3v) is 3.37. The Morgan fingerprint density at radius 1 is 1.10 bits per heavy atom. The number of furan rings is 1. The highest BCUT2D eigenvalue weighted by Crippen LogP contribution is 2.22. The molecule has 0 aliphatic carbocycles. The van der Waals surface area contributed by atoms with Gasteiger partial charge in [0.2, 0.25) is 0 Å². The third kappa shape index (κ3) is 2.72. The molecule has 0 amide bonds. The molecule has 100 valence electrons. The third-order valence-electron chi connectivity index (χ3n) is 3.37. The Kier molecular flexibility index (Phi) is 3.51. The van der Waals surface area contributed by atoms with E-state index in [0.717, 1.165) is 30.4 Å². The second kappa shape index (κ2) is 5.62. The molecule has 2 heterocycles. The lowest BCUT2D eigenvalue weighted by Gasteiger charge is -2.12. The molecule has 0 radical (unpaired) electrons. The van der Waals surface area contributed by atoms with Gasteiger partial charge in [-0.3, -0.25) is 4.99 Å². The molecule has 0 N–H and O–H groups in total. The van der Waals surface area contributed by atoms with Crippen LogP contribution in [0, 0.1) is 11.3 Å². The number of hydrogen-bond donors (Lipinski definition) is 0. The first-order chi connectivity index (χ1) is 9.85. The van der Waals surface area contributed by atoms with Crippen LogP contribution < -0.4 is 4.90 Å². The molecule has 0 unspecified atom stereocenters. The first-order valence-corrected chi connectivity index (χ1v) is 6.74. The minimum atomic E-state index is 0.637. The summed E-state index contributed by atoms with van der Waals surface area (Å²) < 4.78 is 5.76. The zero-order valence-corrected chi connectivity index (χ0v) is 11.1. The smallest absolute Gasteiger partial charge is 0.196 e. The predicted octanol–water partition coefficient (Wildman–Crippen LogP) is 3.50. The number of aliphatic imine (C=N–C) groups is 1. The molecule has 1 aromatic carbocycles. The van der Waals surface area contributed by atoms with Gasteiger partial charge in [-0.15, -0.1) is 0 Å². The zero-order chi connectivity index (χ0) is 13.8. The maximum atomic E-state index is 8.73. The van der Waals surface area contributed by atoms with E-state index in [1.807, 2.05) is 24.3 Å². The molecule has 1 aromatic heterocycles. The molecule has 0 spiro atoms. The number of anilines is 1. The zero-order valence-electron chi connectivity index (χ0n) is 11.1. The van der Waals surface area contributed by atoms with Crippen LogP contribution in [-0.4, -0.2) is 19.3 Å². The van der Waals surface area contributed by atoms with Gasteiger partial charge in [0.05, 0.1) is 23.5 Å². The van der Waals surface area contributed by atoms with Crippen molar-refractivity contribution in [1.29, 1.82) is 5.26 Å². The van der Waals surface area contributed by atoms with E-state index in [2.05, 4.69) is 16.0 Å². The molecular weight excluding hydrogens is 250 g/mol. The summed E-state index contributed by atoms with van der Waals surface area (Å²) in [6, 6.07) is 13.2. The van der Waals surface area contributed by atoms with Crippen molar-refractivity contribution >= 4 is 17.8 Å². The van der Waals surface area contributed by atoms with Crippen LogP contribution in [0.2, 0.25) is 0 Å². The first kappa shape index (κ1) is 12.5. The van der Waals surface area contributed by atoms with E-state index in [0.29, 0.717) is 5.56 Å². The quantitative estimate of drug-likeness (QED) is 0.798. The average molecular weight is 265 g/mol. The van der Waals surface area contributed by atoms with E-state index >= 15 is 0 Å². The van der Waals surface area contributed by atoms with Crippen molar-refractivity contribution in [2.45, 2.75) is 12.8 Å². The monoisotopic (exact) mass is 265 g/mol. The van der Waals surface area contributed by atoms with Crippen LogP contribution in [0.1, 0.15) is 24.2 Å². The number of rotatable bonds is 3. The number of benzene rings is 1. The number of nitrogens with zero attached hydrogens (tertiary/aromatic N) is 3. The predicted molar refractivity (Wildman–Crippen MR) is 78.6 cm³/mol. The highest BCUT2D eigenvalue weighted by atomic mass is 16.4. The standard InChI is InChI=1S/C16H15N3O/c17-11-13-3-5-14(6-4-13)18-12-15-7-8-16(20-15)19-9-1-2-10-19/h3-8,12H,1-2,9-10H2. The summed E-state index contributed by atoms with van der Waals surface area (Å²) in [7, 11) is 0. The van der Waals surface area contributed by atoms with Crippen molar-refractivity contribution in [3.05, 3.63) is 47.7 Å². The molecule has 20 heavy (non-hydrogen) atoms. The first-order valence-electron chi connectivity index (χ1n) is 6.74. The Labute approximate surface area is 118 Å². The topological polar surface area (TPSA) is 52.5 Å². The lowest BCUT2D eigenvalue weighted by atomic mass is 10.2. The van der Waals surface area contributed by atoms with Gasteiger partial charge in [-0.1, -0.05) is 0 Å². The van der Waals surface area contributed by atoms with Crippen molar-refractivity contribution < 1.29 is 4.42 Å². The van der Waals surface area contributed by atoms with Crippen LogP contribution in [0.5, 0.6) is 0 Å². The molecule has 1 aliphatic rings. The normalized spacial score (nSPS) is 14.8. The SMILES string of the molecule is N#Cc1ccc(N=Cc2ccc(N3CCCC3)o2)cc1. The second-order valence-corrected chi connectivity index (χ2v) is 4.79. The van der Waals surface area contributed by atoms with E-state index < -0.39 is 0 Å². The van der Waals surface area contributed by atoms with Gasteiger partial charge in [-0.05, 0) is 43.2 Å². The fraction of sp³-hybridized carbons (Fsp3) is 0.250. The Morgan fingerprint density at radius 2 is 1.85 bits per heavy atom. The van der Waals surface area contributed by atoms with Gasteiger partial charge in [0.1, 0.15) is 5.76 Å². The van der Waals surface area contributed by atoms with Crippen molar-refractivity contribution in [2.75, 3.05) is 18.0 Å². The minimum Gasteiger partial charge on any atom is -0.440 e. The highest BCUT2D eigenvalue weighted by molar-refractivity contribution is 5.79. The maximum Gasteiger partial charge on any atom is 0.196 e. The molecule has 0 bridgehead atoms. The molecule has 0 atom stereocenters. The average Bonchev–Trinajstić information content (AvgIpc) is 3.16. The fourth-order valence-corrected chi connectivity index (χ4v) is 2.28. The van der Waals surface area contributed by atoms with E-state index in [1.165, 1.54) is 12.8 Å². The second-order valence-electron chi connectivity index (χ2n) is 4.79. The van der Waals surface area contributed by atoms with Crippen LogP contribution in [0.3, 0.4) is 0 Å². The van der Waals surface area contributed by atoms with Gasteiger partial charge >= 0.3 is 0 Å². The molecule has 1 aliphatic heterocycles. The summed E-state index contributed by atoms with van der Waals surface area (Å²) in [5, 5.41) is 8.73. The summed E-state index contributed by atoms with van der Waals surface area (Å²) in [6.07, 6.45) is 4.17. The molecule has 3 rings (SSSR count). The lowest BCUT2D eigenvalue weighted by molar-refractivity contribution is 0.550.